The number of hydrogen-bond donors (Lipinski definition) is 1. The molecule has 2 amide bonds. The lowest BCUT2D eigenvalue weighted by molar-refractivity contribution is -0.135. The van der Waals surface area contributed by atoms with Crippen molar-refractivity contribution < 1.29 is 23.9 Å². The van der Waals surface area contributed by atoms with E-state index < -0.39 is 24.0 Å². The molecule has 0 saturated carbocycles. The highest BCUT2D eigenvalue weighted by Gasteiger charge is 2.37. The molecule has 0 aromatic rings. The Balaban J connectivity index is 1.92. The molecular weight excluding hydrogens is 242 g/mol. The molecule has 98 valence electrons. The number of imide groups is 1. The molecule has 1 unspecified atom stereocenters. The van der Waals surface area contributed by atoms with Gasteiger partial charge in [-0.1, -0.05) is 0 Å². The lowest BCUT2D eigenvalue weighted by Crippen LogP contribution is -2.44. The Morgan fingerprint density at radius 3 is 3.00 bits per heavy atom. The molecule has 1 atom stereocenters. The highest BCUT2D eigenvalue weighted by atomic mass is 16.6. The van der Waals surface area contributed by atoms with Gasteiger partial charge in [0.1, 0.15) is 18.4 Å². The fourth-order valence-corrected chi connectivity index (χ4v) is 1.71. The summed E-state index contributed by atoms with van der Waals surface area (Å²) in [7, 11) is 0. The Kier molecular flexibility index (Phi) is 3.45. The number of carbonyl (C=O) groups excluding carboxylic acids is 3. The van der Waals surface area contributed by atoms with E-state index in [4.69, 9.17) is 4.74 Å². The molecule has 0 radical (unpaired) electrons. The predicted molar refractivity (Wildman–Crippen MR) is 58.7 cm³/mol. The molecule has 0 aromatic carbocycles. The Hall–Kier alpha value is -2.12. The number of carbonyl (C=O) groups is 3. The molecule has 1 N–H and O–H groups in total. The van der Waals surface area contributed by atoms with E-state index in [1.807, 2.05) is 0 Å². The zero-order valence-electron chi connectivity index (χ0n) is 9.84. The lowest BCUT2D eigenvalue weighted by Gasteiger charge is -2.15. The molecule has 0 spiro atoms. The molecule has 8 heteroatoms. The number of hydrogen-bond acceptors (Lipinski definition) is 7. The van der Waals surface area contributed by atoms with Gasteiger partial charge in [0.2, 0.25) is 0 Å². The van der Waals surface area contributed by atoms with Gasteiger partial charge in [0.05, 0.1) is 13.2 Å². The van der Waals surface area contributed by atoms with Crippen molar-refractivity contribution in [2.45, 2.75) is 19.4 Å². The third-order valence-electron chi connectivity index (χ3n) is 2.59. The van der Waals surface area contributed by atoms with Crippen LogP contribution in [0.25, 0.3) is 0 Å². The molecule has 1 fully saturated rings. The van der Waals surface area contributed by atoms with Crippen LogP contribution >= 0.6 is 0 Å². The maximum atomic E-state index is 11.9. The van der Waals surface area contributed by atoms with Crippen molar-refractivity contribution in [1.29, 1.82) is 0 Å². The van der Waals surface area contributed by atoms with Gasteiger partial charge in [-0.15, -0.1) is 0 Å². The van der Waals surface area contributed by atoms with E-state index in [0.29, 0.717) is 0 Å². The maximum absolute atomic E-state index is 11.9. The van der Waals surface area contributed by atoms with Crippen LogP contribution in [-0.2, 0) is 19.1 Å². The van der Waals surface area contributed by atoms with Crippen LogP contribution in [0.1, 0.15) is 13.3 Å². The van der Waals surface area contributed by atoms with Crippen LogP contribution in [0.4, 0.5) is 4.79 Å². The van der Waals surface area contributed by atoms with Crippen LogP contribution in [0.5, 0.6) is 0 Å². The molecular formula is C10H13N3O5. The third kappa shape index (κ3) is 2.27. The zero-order valence-corrected chi connectivity index (χ0v) is 9.84. The molecule has 1 saturated heterocycles. The Morgan fingerprint density at radius 2 is 2.39 bits per heavy atom. The first kappa shape index (κ1) is 12.3. The van der Waals surface area contributed by atoms with Crippen molar-refractivity contribution >= 4 is 23.7 Å². The second-order valence-electron chi connectivity index (χ2n) is 3.77. The summed E-state index contributed by atoms with van der Waals surface area (Å²) in [5.74, 6) is -0.996. The minimum atomic E-state index is -0.713. The van der Waals surface area contributed by atoms with Crippen molar-refractivity contribution in [3.63, 3.8) is 0 Å². The largest absolute Gasteiger partial charge is 0.461 e. The minimum Gasteiger partial charge on any atom is -0.461 e. The Morgan fingerprint density at radius 1 is 1.61 bits per heavy atom. The summed E-state index contributed by atoms with van der Waals surface area (Å²) in [6.45, 7) is 2.35. The van der Waals surface area contributed by atoms with Gasteiger partial charge in [0.15, 0.2) is 0 Å². The average Bonchev–Trinajstić information content (AvgIpc) is 2.97. The summed E-state index contributed by atoms with van der Waals surface area (Å²) < 4.78 is 9.44. The lowest BCUT2D eigenvalue weighted by atomic mass is 10.1. The Bertz CT molecular complexity index is 420. The Labute approximate surface area is 103 Å². The molecule has 2 aliphatic heterocycles. The normalized spacial score (nSPS) is 22.3. The van der Waals surface area contributed by atoms with Gasteiger partial charge in [-0.3, -0.25) is 10.2 Å². The molecule has 2 heterocycles. The van der Waals surface area contributed by atoms with Crippen molar-refractivity contribution in [2.24, 2.45) is 5.10 Å². The summed E-state index contributed by atoms with van der Waals surface area (Å²) in [6, 6.07) is -0.713. The number of nitrogens with zero attached hydrogens (tertiary/aromatic N) is 2. The minimum absolute atomic E-state index is 0.113. The van der Waals surface area contributed by atoms with Crippen LogP contribution in [-0.4, -0.2) is 54.4 Å². The van der Waals surface area contributed by atoms with Gasteiger partial charge in [-0.2, -0.15) is 5.10 Å². The smallest absolute Gasteiger partial charge is 0.416 e. The summed E-state index contributed by atoms with van der Waals surface area (Å²) >= 11 is 0. The van der Waals surface area contributed by atoms with E-state index in [-0.39, 0.29) is 31.9 Å². The van der Waals surface area contributed by atoms with E-state index in [0.717, 1.165) is 4.90 Å². The number of cyclic esters (lactones) is 1. The number of esters is 1. The maximum Gasteiger partial charge on any atom is 0.416 e. The summed E-state index contributed by atoms with van der Waals surface area (Å²) in [6.07, 6.45) is -0.548. The van der Waals surface area contributed by atoms with E-state index in [2.05, 4.69) is 15.3 Å². The van der Waals surface area contributed by atoms with Gasteiger partial charge in [-0.05, 0) is 6.92 Å². The van der Waals surface area contributed by atoms with Gasteiger partial charge in [0.25, 0.3) is 5.91 Å². The molecule has 18 heavy (non-hydrogen) atoms. The summed E-state index contributed by atoms with van der Waals surface area (Å²) in [5.41, 5.74) is 2.69. The second kappa shape index (κ2) is 5.03. The highest BCUT2D eigenvalue weighted by Crippen LogP contribution is 2.12. The van der Waals surface area contributed by atoms with Crippen LogP contribution < -0.4 is 5.43 Å². The number of rotatable bonds is 3. The summed E-state index contributed by atoms with van der Waals surface area (Å²) in [4.78, 5) is 35.5. The first-order chi connectivity index (χ1) is 8.63. The van der Waals surface area contributed by atoms with Crippen LogP contribution in [0.2, 0.25) is 0 Å². The van der Waals surface area contributed by atoms with Crippen molar-refractivity contribution in [3.05, 3.63) is 0 Å². The quantitative estimate of drug-likeness (QED) is 0.666. The van der Waals surface area contributed by atoms with Gasteiger partial charge in [0, 0.05) is 6.42 Å². The topological polar surface area (TPSA) is 97.3 Å². The fourth-order valence-electron chi connectivity index (χ4n) is 1.71. The van der Waals surface area contributed by atoms with E-state index >= 15 is 0 Å². The van der Waals surface area contributed by atoms with Gasteiger partial charge < -0.3 is 9.47 Å². The number of amides is 2. The monoisotopic (exact) mass is 255 g/mol. The predicted octanol–water partition coefficient (Wildman–Crippen LogP) is -0.754. The number of ether oxygens (including phenoxy) is 2. The van der Waals surface area contributed by atoms with Gasteiger partial charge >= 0.3 is 12.1 Å². The van der Waals surface area contributed by atoms with Crippen molar-refractivity contribution in [2.75, 3.05) is 19.8 Å². The molecule has 2 rings (SSSR count). The fraction of sp³-hybridized carbons (Fsp3) is 0.600. The average molecular weight is 255 g/mol. The first-order valence-electron chi connectivity index (χ1n) is 5.60. The number of nitrogens with one attached hydrogen (secondary N) is 1. The van der Waals surface area contributed by atoms with Crippen LogP contribution in [0.15, 0.2) is 5.10 Å². The number of hydrazone groups is 1. The van der Waals surface area contributed by atoms with Crippen molar-refractivity contribution in [3.8, 4) is 0 Å². The standard InChI is InChI=1S/C10H13N3O5/c1-2-17-9(15)7-5-6(11-12-7)8(14)13-3-4-18-10(13)16/h6,11H,2-5H2,1H3. The second-order valence-corrected chi connectivity index (χ2v) is 3.77. The molecule has 8 nitrogen and oxygen atoms in total. The van der Waals surface area contributed by atoms with Crippen molar-refractivity contribution in [1.82, 2.24) is 10.3 Å². The highest BCUT2D eigenvalue weighted by molar-refractivity contribution is 6.37. The summed E-state index contributed by atoms with van der Waals surface area (Å²) in [5, 5.41) is 3.75. The van der Waals surface area contributed by atoms with Crippen LogP contribution in [0, 0.1) is 0 Å². The molecule has 0 aliphatic carbocycles. The van der Waals surface area contributed by atoms with E-state index in [1.54, 1.807) is 6.92 Å². The van der Waals surface area contributed by atoms with E-state index in [1.165, 1.54) is 0 Å². The molecule has 2 aliphatic rings. The molecule has 0 bridgehead atoms. The van der Waals surface area contributed by atoms with Crippen LogP contribution in [0.3, 0.4) is 0 Å². The third-order valence-corrected chi connectivity index (χ3v) is 2.59. The van der Waals surface area contributed by atoms with Gasteiger partial charge in [-0.25, -0.2) is 14.5 Å². The first-order valence-corrected chi connectivity index (χ1v) is 5.60. The van der Waals surface area contributed by atoms with E-state index in [9.17, 15) is 14.4 Å². The molecule has 0 aromatic heterocycles. The zero-order chi connectivity index (χ0) is 13.1. The SMILES string of the molecule is CCOC(=O)C1=NNC(C(=O)N2CCOC2=O)C1.